The quantitative estimate of drug-likeness (QED) is 0.683. The summed E-state index contributed by atoms with van der Waals surface area (Å²) in [5.74, 6) is 2.24. The molecule has 7 nitrogen and oxygen atoms in total. The summed E-state index contributed by atoms with van der Waals surface area (Å²) in [5.41, 5.74) is 2.19. The van der Waals surface area contributed by atoms with E-state index in [2.05, 4.69) is 31.7 Å². The maximum absolute atomic E-state index is 5.22. The summed E-state index contributed by atoms with van der Waals surface area (Å²) in [6, 6.07) is 1.93. The van der Waals surface area contributed by atoms with E-state index in [1.807, 2.05) is 38.0 Å². The maximum atomic E-state index is 5.22. The van der Waals surface area contributed by atoms with Crippen LogP contribution in [0.3, 0.4) is 0 Å². The van der Waals surface area contributed by atoms with Crippen molar-refractivity contribution >= 4 is 5.96 Å². The van der Waals surface area contributed by atoms with Crippen molar-refractivity contribution in [2.45, 2.75) is 25.8 Å². The number of nitrogens with zero attached hydrogens (tertiary/aromatic N) is 5. The third-order valence-electron chi connectivity index (χ3n) is 3.99. The molecule has 0 aromatic carbocycles. The molecule has 118 valence electrons. The van der Waals surface area contributed by atoms with Crippen LogP contribution in [0.25, 0.3) is 0 Å². The van der Waals surface area contributed by atoms with Gasteiger partial charge in [-0.15, -0.1) is 0 Å². The Bertz CT molecular complexity index is 659. The third kappa shape index (κ3) is 3.13. The summed E-state index contributed by atoms with van der Waals surface area (Å²) < 4.78 is 7.08. The summed E-state index contributed by atoms with van der Waals surface area (Å²) in [6.07, 6.45) is 5.18. The Kier molecular flexibility index (Phi) is 4.13. The average Bonchev–Trinajstić information content (AvgIpc) is 3.21. The van der Waals surface area contributed by atoms with Crippen LogP contribution in [0.15, 0.2) is 28.0 Å². The molecule has 0 aliphatic carbocycles. The molecule has 0 amide bonds. The molecule has 1 N–H and O–H groups in total. The van der Waals surface area contributed by atoms with E-state index in [4.69, 9.17) is 4.52 Å². The normalized spacial score (nSPS) is 19.0. The molecule has 1 aliphatic heterocycles. The first-order valence-corrected chi connectivity index (χ1v) is 7.52. The average molecular weight is 302 g/mol. The predicted molar refractivity (Wildman–Crippen MR) is 83.6 cm³/mol. The number of aliphatic imine (C=N–C) groups is 1. The Morgan fingerprint density at radius 1 is 1.55 bits per heavy atom. The highest BCUT2D eigenvalue weighted by atomic mass is 16.5. The molecule has 0 saturated carbocycles. The van der Waals surface area contributed by atoms with E-state index in [0.29, 0.717) is 12.5 Å². The minimum Gasteiger partial charge on any atom is -0.359 e. The van der Waals surface area contributed by atoms with Gasteiger partial charge in [0.05, 0.1) is 18.4 Å². The van der Waals surface area contributed by atoms with Crippen molar-refractivity contribution < 1.29 is 4.52 Å². The van der Waals surface area contributed by atoms with Crippen LogP contribution < -0.4 is 5.32 Å². The summed E-state index contributed by atoms with van der Waals surface area (Å²) in [5, 5.41) is 11.5. The van der Waals surface area contributed by atoms with Crippen LogP contribution in [0.5, 0.6) is 0 Å². The van der Waals surface area contributed by atoms with Crippen LogP contribution >= 0.6 is 0 Å². The lowest BCUT2D eigenvalue weighted by atomic mass is 10.0. The molecule has 7 heteroatoms. The van der Waals surface area contributed by atoms with Crippen molar-refractivity contribution in [2.24, 2.45) is 12.0 Å². The minimum absolute atomic E-state index is 0.514. The van der Waals surface area contributed by atoms with Gasteiger partial charge in [-0.2, -0.15) is 5.10 Å². The second-order valence-corrected chi connectivity index (χ2v) is 5.71. The highest BCUT2D eigenvalue weighted by Gasteiger charge is 2.26. The third-order valence-corrected chi connectivity index (χ3v) is 3.99. The van der Waals surface area contributed by atoms with Gasteiger partial charge in [-0.05, 0) is 18.9 Å². The minimum atomic E-state index is 0.514. The van der Waals surface area contributed by atoms with Gasteiger partial charge in [0.2, 0.25) is 0 Å². The van der Waals surface area contributed by atoms with Crippen LogP contribution in [0, 0.1) is 6.92 Å². The van der Waals surface area contributed by atoms with Crippen molar-refractivity contribution in [1.29, 1.82) is 0 Å². The lowest BCUT2D eigenvalue weighted by Crippen LogP contribution is -2.39. The van der Waals surface area contributed by atoms with Crippen molar-refractivity contribution in [3.63, 3.8) is 0 Å². The van der Waals surface area contributed by atoms with Crippen LogP contribution in [0.4, 0.5) is 0 Å². The summed E-state index contributed by atoms with van der Waals surface area (Å²) >= 11 is 0. The molecule has 2 aromatic rings. The first kappa shape index (κ1) is 14.6. The standard InChI is InChI=1S/C15H22N6O/c1-11-6-14(22-19-11)8-17-15(16-2)21-5-4-12(10-21)13-7-18-20(3)9-13/h6-7,9,12H,4-5,8,10H2,1-3H3,(H,16,17). The van der Waals surface area contributed by atoms with Gasteiger partial charge in [0.1, 0.15) is 0 Å². The summed E-state index contributed by atoms with van der Waals surface area (Å²) in [7, 11) is 3.77. The Morgan fingerprint density at radius 2 is 2.41 bits per heavy atom. The van der Waals surface area contributed by atoms with Gasteiger partial charge in [-0.3, -0.25) is 9.67 Å². The Balaban J connectivity index is 1.58. The van der Waals surface area contributed by atoms with Crippen molar-refractivity contribution in [1.82, 2.24) is 25.2 Å². The van der Waals surface area contributed by atoms with E-state index in [1.54, 1.807) is 0 Å². The molecule has 1 unspecified atom stereocenters. The molecule has 1 aliphatic rings. The van der Waals surface area contributed by atoms with E-state index in [-0.39, 0.29) is 0 Å². The topological polar surface area (TPSA) is 71.5 Å². The van der Waals surface area contributed by atoms with Crippen LogP contribution in [0.2, 0.25) is 0 Å². The fraction of sp³-hybridized carbons (Fsp3) is 0.533. The fourth-order valence-corrected chi connectivity index (χ4v) is 2.87. The van der Waals surface area contributed by atoms with Crippen molar-refractivity contribution in [2.75, 3.05) is 20.1 Å². The van der Waals surface area contributed by atoms with E-state index < -0.39 is 0 Å². The van der Waals surface area contributed by atoms with Crippen LogP contribution in [-0.2, 0) is 13.6 Å². The first-order chi connectivity index (χ1) is 10.7. The highest BCUT2D eigenvalue weighted by Crippen LogP contribution is 2.26. The maximum Gasteiger partial charge on any atom is 0.194 e. The molecule has 3 heterocycles. The molecule has 1 saturated heterocycles. The van der Waals surface area contributed by atoms with Gasteiger partial charge in [0, 0.05) is 45.4 Å². The molecule has 22 heavy (non-hydrogen) atoms. The summed E-state index contributed by atoms with van der Waals surface area (Å²) in [4.78, 5) is 6.65. The number of aryl methyl sites for hydroxylation is 2. The smallest absolute Gasteiger partial charge is 0.194 e. The molecule has 1 fully saturated rings. The van der Waals surface area contributed by atoms with Crippen LogP contribution in [-0.4, -0.2) is 45.9 Å². The van der Waals surface area contributed by atoms with Crippen molar-refractivity contribution in [3.8, 4) is 0 Å². The van der Waals surface area contributed by atoms with Crippen LogP contribution in [0.1, 0.15) is 29.4 Å². The number of guanidine groups is 1. The Morgan fingerprint density at radius 3 is 3.05 bits per heavy atom. The molecule has 2 aromatic heterocycles. The molecule has 3 rings (SSSR count). The molecule has 0 bridgehead atoms. The molecule has 1 atom stereocenters. The van der Waals surface area contributed by atoms with Gasteiger partial charge in [0.25, 0.3) is 0 Å². The van der Waals surface area contributed by atoms with Gasteiger partial charge in [-0.1, -0.05) is 5.16 Å². The zero-order valence-corrected chi connectivity index (χ0v) is 13.3. The lowest BCUT2D eigenvalue weighted by Gasteiger charge is -2.21. The van der Waals surface area contributed by atoms with Crippen molar-refractivity contribution in [3.05, 3.63) is 35.5 Å². The molecular weight excluding hydrogens is 280 g/mol. The SMILES string of the molecule is CN=C(NCc1cc(C)no1)N1CCC(c2cnn(C)c2)C1. The zero-order valence-electron chi connectivity index (χ0n) is 13.3. The van der Waals surface area contributed by atoms with Gasteiger partial charge >= 0.3 is 0 Å². The molecule has 0 radical (unpaired) electrons. The second-order valence-electron chi connectivity index (χ2n) is 5.71. The Labute approximate surface area is 130 Å². The van der Waals surface area contributed by atoms with E-state index in [1.165, 1.54) is 5.56 Å². The van der Waals surface area contributed by atoms with Gasteiger partial charge < -0.3 is 14.7 Å². The monoisotopic (exact) mass is 302 g/mol. The predicted octanol–water partition coefficient (Wildman–Crippen LogP) is 1.28. The zero-order chi connectivity index (χ0) is 15.5. The molecule has 0 spiro atoms. The number of aromatic nitrogens is 3. The molecular formula is C15H22N6O. The number of hydrogen-bond donors (Lipinski definition) is 1. The summed E-state index contributed by atoms with van der Waals surface area (Å²) in [6.45, 7) is 4.47. The number of hydrogen-bond acceptors (Lipinski definition) is 4. The fourth-order valence-electron chi connectivity index (χ4n) is 2.87. The highest BCUT2D eigenvalue weighted by molar-refractivity contribution is 5.80. The van der Waals surface area contributed by atoms with Gasteiger partial charge in [0.15, 0.2) is 11.7 Å². The second kappa shape index (κ2) is 6.21. The van der Waals surface area contributed by atoms with E-state index in [9.17, 15) is 0 Å². The Hall–Kier alpha value is -2.31. The largest absolute Gasteiger partial charge is 0.359 e. The number of rotatable bonds is 3. The van der Waals surface area contributed by atoms with Gasteiger partial charge in [-0.25, -0.2) is 0 Å². The van der Waals surface area contributed by atoms with E-state index in [0.717, 1.165) is 36.9 Å². The lowest BCUT2D eigenvalue weighted by molar-refractivity contribution is 0.373. The number of nitrogens with one attached hydrogen (secondary N) is 1. The number of likely N-dealkylation sites (tertiary alicyclic amines) is 1. The first-order valence-electron chi connectivity index (χ1n) is 7.52. The van der Waals surface area contributed by atoms with E-state index >= 15 is 0 Å².